The predicted octanol–water partition coefficient (Wildman–Crippen LogP) is 3.98. The molecular weight excluding hydrogens is 465 g/mol. The summed E-state index contributed by atoms with van der Waals surface area (Å²) < 4.78 is 1.36. The van der Waals surface area contributed by atoms with Gasteiger partial charge in [0.25, 0.3) is 11.5 Å². The molecule has 0 aliphatic carbocycles. The number of nitrogens with zero attached hydrogens (tertiary/aromatic N) is 2. The van der Waals surface area contributed by atoms with E-state index in [9.17, 15) is 19.2 Å². The second kappa shape index (κ2) is 8.72. The van der Waals surface area contributed by atoms with E-state index in [1.54, 1.807) is 44.2 Å². The van der Waals surface area contributed by atoms with Crippen molar-refractivity contribution in [1.82, 2.24) is 14.9 Å². The highest BCUT2D eigenvalue weighted by molar-refractivity contribution is 6.42. The number of Topliss-reactive ketones (excluding diaryl/α,β-unsaturated/α-hetero) is 1. The number of benzene rings is 2. The number of imide groups is 1. The Morgan fingerprint density at radius 1 is 1.12 bits per heavy atom. The standard InChI is InChI=1S/C24H21Cl2N3O4/c1-13-27-19-7-3-14(4-8-20(30)15-5-6-17(25)18(26)12-15)11-16(19)22(32)29(13)24(2)10-9-21(31)28-23(24)33/h3,5-7,11-12H,4,8-10H2,1-2H3,(H,28,31,33)/t24-/m1/s1. The van der Waals surface area contributed by atoms with Gasteiger partial charge < -0.3 is 0 Å². The number of rotatable bonds is 5. The summed E-state index contributed by atoms with van der Waals surface area (Å²) in [7, 11) is 0. The Hall–Kier alpha value is -3.03. The van der Waals surface area contributed by atoms with Crippen LogP contribution in [0.1, 0.15) is 47.9 Å². The predicted molar refractivity (Wildman–Crippen MR) is 126 cm³/mol. The van der Waals surface area contributed by atoms with E-state index in [1.807, 2.05) is 6.07 Å². The van der Waals surface area contributed by atoms with Gasteiger partial charge in [-0.3, -0.25) is 29.1 Å². The van der Waals surface area contributed by atoms with Gasteiger partial charge in [0.1, 0.15) is 11.4 Å². The SMILES string of the molecule is Cc1nc2ccc(CCC(=O)c3ccc(Cl)c(Cl)c3)cc2c(=O)n1[C@]1(C)CCC(=O)NC1=O. The zero-order chi connectivity index (χ0) is 23.9. The summed E-state index contributed by atoms with van der Waals surface area (Å²) in [5.74, 6) is -0.578. The number of carbonyl (C=O) groups is 3. The van der Waals surface area contributed by atoms with E-state index in [2.05, 4.69) is 10.3 Å². The first kappa shape index (κ1) is 23.1. The van der Waals surface area contributed by atoms with Crippen LogP contribution in [0.2, 0.25) is 10.0 Å². The molecule has 4 rings (SSSR count). The number of carbonyl (C=O) groups excluding carboxylic acids is 3. The number of ketones is 1. The Morgan fingerprint density at radius 2 is 1.88 bits per heavy atom. The summed E-state index contributed by atoms with van der Waals surface area (Å²) in [6, 6.07) is 10.0. The van der Waals surface area contributed by atoms with Crippen molar-refractivity contribution in [3.8, 4) is 0 Å². The average molecular weight is 486 g/mol. The molecule has 2 heterocycles. The molecule has 0 bridgehead atoms. The number of hydrogen-bond donors (Lipinski definition) is 1. The molecule has 9 heteroatoms. The largest absolute Gasteiger partial charge is 0.294 e. The Kier molecular flexibility index (Phi) is 6.12. The number of nitrogens with one attached hydrogen (secondary N) is 1. The Morgan fingerprint density at radius 3 is 2.58 bits per heavy atom. The molecule has 1 aliphatic rings. The van der Waals surface area contributed by atoms with Gasteiger partial charge in [0.15, 0.2) is 5.78 Å². The summed E-state index contributed by atoms with van der Waals surface area (Å²) in [6.45, 7) is 3.30. The van der Waals surface area contributed by atoms with Gasteiger partial charge in [-0.25, -0.2) is 4.98 Å². The molecule has 1 saturated heterocycles. The molecule has 1 aliphatic heterocycles. The molecule has 33 heavy (non-hydrogen) atoms. The summed E-state index contributed by atoms with van der Waals surface area (Å²) >= 11 is 11.9. The maximum absolute atomic E-state index is 13.4. The summed E-state index contributed by atoms with van der Waals surface area (Å²) in [4.78, 5) is 54.7. The van der Waals surface area contributed by atoms with E-state index >= 15 is 0 Å². The van der Waals surface area contributed by atoms with Gasteiger partial charge >= 0.3 is 0 Å². The topological polar surface area (TPSA) is 98.1 Å². The van der Waals surface area contributed by atoms with Gasteiger partial charge in [-0.2, -0.15) is 0 Å². The lowest BCUT2D eigenvalue weighted by molar-refractivity contribution is -0.140. The summed E-state index contributed by atoms with van der Waals surface area (Å²) in [5, 5.41) is 3.37. The van der Waals surface area contributed by atoms with Crippen molar-refractivity contribution < 1.29 is 14.4 Å². The highest BCUT2D eigenvalue weighted by Crippen LogP contribution is 2.27. The van der Waals surface area contributed by atoms with Crippen LogP contribution in [0.25, 0.3) is 10.9 Å². The summed E-state index contributed by atoms with van der Waals surface area (Å²) in [5.41, 5.74) is 0.191. The van der Waals surface area contributed by atoms with Gasteiger partial charge in [-0.05, 0) is 62.6 Å². The lowest BCUT2D eigenvalue weighted by Gasteiger charge is -2.34. The molecule has 1 fully saturated rings. The van der Waals surface area contributed by atoms with Crippen LogP contribution in [0, 0.1) is 6.92 Å². The Labute approximate surface area is 199 Å². The van der Waals surface area contributed by atoms with Crippen LogP contribution in [0.3, 0.4) is 0 Å². The van der Waals surface area contributed by atoms with Crippen molar-refractivity contribution >= 4 is 51.7 Å². The number of halogens is 2. The van der Waals surface area contributed by atoms with E-state index in [0.29, 0.717) is 38.8 Å². The maximum Gasteiger partial charge on any atom is 0.262 e. The minimum absolute atomic E-state index is 0.0934. The maximum atomic E-state index is 13.4. The molecule has 0 unspecified atom stereocenters. The zero-order valence-electron chi connectivity index (χ0n) is 18.1. The third kappa shape index (κ3) is 4.30. The van der Waals surface area contributed by atoms with Gasteiger partial charge in [0.2, 0.25) is 5.91 Å². The molecule has 1 N–H and O–H groups in total. The third-order valence-electron chi connectivity index (χ3n) is 6.06. The van der Waals surface area contributed by atoms with Crippen molar-refractivity contribution in [1.29, 1.82) is 0 Å². The van der Waals surface area contributed by atoms with Crippen molar-refractivity contribution in [2.75, 3.05) is 0 Å². The van der Waals surface area contributed by atoms with E-state index in [0.717, 1.165) is 5.56 Å². The van der Waals surface area contributed by atoms with E-state index in [-0.39, 0.29) is 36.5 Å². The second-order valence-electron chi connectivity index (χ2n) is 8.35. The van der Waals surface area contributed by atoms with E-state index in [4.69, 9.17) is 23.2 Å². The number of amides is 2. The molecule has 0 radical (unpaired) electrons. The zero-order valence-corrected chi connectivity index (χ0v) is 19.6. The van der Waals surface area contributed by atoms with Crippen LogP contribution >= 0.6 is 23.2 Å². The van der Waals surface area contributed by atoms with E-state index < -0.39 is 11.4 Å². The minimum Gasteiger partial charge on any atom is -0.294 e. The molecule has 3 aromatic rings. The van der Waals surface area contributed by atoms with Crippen LogP contribution in [0.15, 0.2) is 41.2 Å². The van der Waals surface area contributed by atoms with Crippen molar-refractivity contribution in [3.63, 3.8) is 0 Å². The number of fused-ring (bicyclic) bond motifs is 1. The third-order valence-corrected chi connectivity index (χ3v) is 6.80. The molecule has 1 aromatic heterocycles. The number of aromatic nitrogens is 2. The first-order chi connectivity index (χ1) is 15.6. The van der Waals surface area contributed by atoms with Gasteiger partial charge in [-0.15, -0.1) is 0 Å². The molecule has 1 atom stereocenters. The average Bonchev–Trinajstić information content (AvgIpc) is 2.77. The fourth-order valence-electron chi connectivity index (χ4n) is 4.16. The lowest BCUT2D eigenvalue weighted by atomic mass is 9.90. The molecule has 0 spiro atoms. The van der Waals surface area contributed by atoms with Crippen LogP contribution in [0.5, 0.6) is 0 Å². The number of aryl methyl sites for hydroxylation is 2. The second-order valence-corrected chi connectivity index (χ2v) is 9.17. The Balaban J connectivity index is 1.65. The molecule has 170 valence electrons. The van der Waals surface area contributed by atoms with Crippen molar-refractivity contribution in [2.24, 2.45) is 0 Å². The number of hydrogen-bond acceptors (Lipinski definition) is 5. The first-order valence-electron chi connectivity index (χ1n) is 10.5. The fourth-order valence-corrected chi connectivity index (χ4v) is 4.46. The minimum atomic E-state index is -1.21. The Bertz CT molecular complexity index is 1380. The van der Waals surface area contributed by atoms with Gasteiger partial charge in [0.05, 0.1) is 20.9 Å². The summed E-state index contributed by atoms with van der Waals surface area (Å²) in [6.07, 6.45) is 0.986. The molecule has 2 amide bonds. The van der Waals surface area contributed by atoms with Crippen LogP contribution in [0.4, 0.5) is 0 Å². The van der Waals surface area contributed by atoms with Crippen molar-refractivity contribution in [3.05, 3.63) is 73.7 Å². The van der Waals surface area contributed by atoms with Gasteiger partial charge in [-0.1, -0.05) is 29.3 Å². The van der Waals surface area contributed by atoms with Crippen LogP contribution in [-0.4, -0.2) is 27.1 Å². The fraction of sp³-hybridized carbons (Fsp3) is 0.292. The van der Waals surface area contributed by atoms with Gasteiger partial charge in [0, 0.05) is 18.4 Å². The first-order valence-corrected chi connectivity index (χ1v) is 11.2. The highest BCUT2D eigenvalue weighted by Gasteiger charge is 2.42. The molecular formula is C24H21Cl2N3O4. The molecule has 7 nitrogen and oxygen atoms in total. The molecule has 0 saturated carbocycles. The van der Waals surface area contributed by atoms with Crippen molar-refractivity contribution in [2.45, 2.75) is 45.1 Å². The normalized spacial score (nSPS) is 18.4. The van der Waals surface area contributed by atoms with E-state index in [1.165, 1.54) is 4.57 Å². The highest BCUT2D eigenvalue weighted by atomic mass is 35.5. The molecule has 2 aromatic carbocycles. The monoisotopic (exact) mass is 485 g/mol. The number of piperidine rings is 1. The quantitative estimate of drug-likeness (QED) is 0.435. The lowest BCUT2D eigenvalue weighted by Crippen LogP contribution is -2.56. The van der Waals surface area contributed by atoms with Crippen LogP contribution in [-0.2, 0) is 21.5 Å². The smallest absolute Gasteiger partial charge is 0.262 e. The van der Waals surface area contributed by atoms with Crippen LogP contribution < -0.4 is 10.9 Å².